The topological polar surface area (TPSA) is 69.4 Å². The molecule has 0 unspecified atom stereocenters. The Morgan fingerprint density at radius 1 is 1.15 bits per heavy atom. The molecule has 0 aliphatic rings. The molecule has 0 aliphatic carbocycles. The smallest absolute Gasteiger partial charge is 0.238 e. The minimum absolute atomic E-state index is 0.0542. The number of benzene rings is 2. The van der Waals surface area contributed by atoms with Crippen LogP contribution >= 0.6 is 15.9 Å². The summed E-state index contributed by atoms with van der Waals surface area (Å²) >= 11 is 3.17. The van der Waals surface area contributed by atoms with E-state index in [0.29, 0.717) is 10.2 Å². The fourth-order valence-electron chi connectivity index (χ4n) is 1.55. The van der Waals surface area contributed by atoms with Crippen molar-refractivity contribution in [1.29, 1.82) is 0 Å². The summed E-state index contributed by atoms with van der Waals surface area (Å²) in [5.41, 5.74) is 0.846. The van der Waals surface area contributed by atoms with E-state index in [2.05, 4.69) is 15.9 Å². The van der Waals surface area contributed by atoms with Crippen LogP contribution in [0.4, 0.5) is 4.39 Å². The van der Waals surface area contributed by atoms with Crippen LogP contribution in [0.25, 0.3) is 0 Å². The molecule has 0 radical (unpaired) electrons. The summed E-state index contributed by atoms with van der Waals surface area (Å²) in [5, 5.41) is 5.02. The average molecular weight is 360 g/mol. The van der Waals surface area contributed by atoms with Crippen LogP contribution in [0.1, 0.15) is 5.56 Å². The van der Waals surface area contributed by atoms with E-state index < -0.39 is 15.8 Å². The highest BCUT2D eigenvalue weighted by Gasteiger charge is 2.13. The van der Waals surface area contributed by atoms with E-state index in [4.69, 9.17) is 9.88 Å². The highest BCUT2D eigenvalue weighted by Crippen LogP contribution is 2.32. The Labute approximate surface area is 124 Å². The Hall–Kier alpha value is -1.44. The monoisotopic (exact) mass is 359 g/mol. The normalized spacial score (nSPS) is 11.4. The van der Waals surface area contributed by atoms with Crippen LogP contribution in [0.5, 0.6) is 11.5 Å². The maximum Gasteiger partial charge on any atom is 0.238 e. The zero-order valence-electron chi connectivity index (χ0n) is 10.4. The van der Waals surface area contributed by atoms with Gasteiger partial charge in [-0.3, -0.25) is 0 Å². The van der Waals surface area contributed by atoms with E-state index >= 15 is 0 Å². The molecule has 7 heteroatoms. The van der Waals surface area contributed by atoms with E-state index in [0.717, 1.165) is 5.56 Å². The first kappa shape index (κ1) is 15.0. The van der Waals surface area contributed by atoms with Crippen LogP contribution in [0.3, 0.4) is 0 Å². The van der Waals surface area contributed by atoms with Gasteiger partial charge in [0.1, 0.15) is 5.75 Å². The van der Waals surface area contributed by atoms with Crippen molar-refractivity contribution in [3.05, 3.63) is 52.3 Å². The maximum absolute atomic E-state index is 13.6. The summed E-state index contributed by atoms with van der Waals surface area (Å²) in [5.74, 6) is -0.144. The van der Waals surface area contributed by atoms with E-state index in [1.54, 1.807) is 12.1 Å². The lowest BCUT2D eigenvalue weighted by Crippen LogP contribution is -2.11. The van der Waals surface area contributed by atoms with Gasteiger partial charge in [0.2, 0.25) is 10.0 Å². The van der Waals surface area contributed by atoms with Gasteiger partial charge in [-0.2, -0.15) is 0 Å². The number of sulfonamides is 1. The van der Waals surface area contributed by atoms with Crippen molar-refractivity contribution in [1.82, 2.24) is 0 Å². The average Bonchev–Trinajstić information content (AvgIpc) is 2.35. The largest absolute Gasteiger partial charge is 0.453 e. The zero-order valence-corrected chi connectivity index (χ0v) is 12.8. The molecule has 0 bridgehead atoms. The van der Waals surface area contributed by atoms with Gasteiger partial charge in [0.25, 0.3) is 0 Å². The third-order valence-corrected chi connectivity index (χ3v) is 4.07. The number of aryl methyl sites for hydroxylation is 1. The van der Waals surface area contributed by atoms with Crippen LogP contribution in [0.2, 0.25) is 0 Å². The number of rotatable bonds is 3. The molecule has 0 aliphatic heterocycles. The lowest BCUT2D eigenvalue weighted by Gasteiger charge is -2.10. The van der Waals surface area contributed by atoms with E-state index in [-0.39, 0.29) is 10.6 Å². The van der Waals surface area contributed by atoms with Crippen LogP contribution in [0, 0.1) is 12.7 Å². The number of hydrogen-bond donors (Lipinski definition) is 1. The van der Waals surface area contributed by atoms with Gasteiger partial charge < -0.3 is 4.74 Å². The minimum Gasteiger partial charge on any atom is -0.453 e. The standard InChI is InChI=1S/C13H11BrFNO3S/c1-8-2-4-11(15)13(6-8)19-12-5-3-9(7-10(12)14)20(16,17)18/h2-7H,1H3,(H2,16,17,18). The van der Waals surface area contributed by atoms with Gasteiger partial charge in [-0.05, 0) is 58.7 Å². The van der Waals surface area contributed by atoms with Gasteiger partial charge >= 0.3 is 0 Å². The molecule has 0 aromatic heterocycles. The first-order valence-corrected chi connectivity index (χ1v) is 7.87. The fraction of sp³-hybridized carbons (Fsp3) is 0.0769. The van der Waals surface area contributed by atoms with E-state index in [9.17, 15) is 12.8 Å². The molecule has 20 heavy (non-hydrogen) atoms. The van der Waals surface area contributed by atoms with Crippen molar-refractivity contribution in [2.45, 2.75) is 11.8 Å². The summed E-state index contributed by atoms with van der Waals surface area (Å²) in [7, 11) is -3.79. The van der Waals surface area contributed by atoms with Gasteiger partial charge in [-0.15, -0.1) is 0 Å². The lowest BCUT2D eigenvalue weighted by atomic mass is 10.2. The fourth-order valence-corrected chi connectivity index (χ4v) is 2.70. The number of hydrogen-bond acceptors (Lipinski definition) is 3. The molecule has 0 amide bonds. The predicted molar refractivity (Wildman–Crippen MR) is 76.7 cm³/mol. The molecule has 2 aromatic carbocycles. The molecule has 4 nitrogen and oxygen atoms in total. The number of nitrogens with two attached hydrogens (primary N) is 1. The second kappa shape index (κ2) is 5.51. The number of ether oxygens (including phenoxy) is 1. The van der Waals surface area contributed by atoms with E-state index in [1.165, 1.54) is 24.3 Å². The molecule has 0 saturated carbocycles. The quantitative estimate of drug-likeness (QED) is 0.913. The van der Waals surface area contributed by atoms with Gasteiger partial charge in [-0.1, -0.05) is 6.07 Å². The summed E-state index contributed by atoms with van der Waals surface area (Å²) in [6.45, 7) is 1.81. The molecule has 0 spiro atoms. The Bertz CT molecular complexity index is 762. The molecule has 2 N–H and O–H groups in total. The maximum atomic E-state index is 13.6. The second-order valence-corrected chi connectivity index (χ2v) is 6.59. The highest BCUT2D eigenvalue weighted by molar-refractivity contribution is 9.10. The molecule has 106 valence electrons. The number of primary sulfonamides is 1. The van der Waals surface area contributed by atoms with E-state index in [1.807, 2.05) is 6.92 Å². The van der Waals surface area contributed by atoms with Crippen molar-refractivity contribution in [3.63, 3.8) is 0 Å². The van der Waals surface area contributed by atoms with Crippen molar-refractivity contribution in [2.75, 3.05) is 0 Å². The van der Waals surface area contributed by atoms with Gasteiger partial charge in [0.05, 0.1) is 9.37 Å². The van der Waals surface area contributed by atoms with Gasteiger partial charge in [0, 0.05) is 0 Å². The molecule has 0 atom stereocenters. The first-order valence-electron chi connectivity index (χ1n) is 5.54. The summed E-state index contributed by atoms with van der Waals surface area (Å²) in [4.78, 5) is -0.0542. The Morgan fingerprint density at radius 2 is 1.85 bits per heavy atom. The molecule has 0 fully saturated rings. The zero-order chi connectivity index (χ0) is 14.9. The second-order valence-electron chi connectivity index (χ2n) is 4.17. The molecule has 2 rings (SSSR count). The van der Waals surface area contributed by atoms with Crippen LogP contribution in [0.15, 0.2) is 45.8 Å². The molecule has 2 aromatic rings. The first-order chi connectivity index (χ1) is 9.27. The van der Waals surface area contributed by atoms with Crippen molar-refractivity contribution >= 4 is 26.0 Å². The van der Waals surface area contributed by atoms with Crippen molar-refractivity contribution < 1.29 is 17.5 Å². The van der Waals surface area contributed by atoms with Crippen molar-refractivity contribution in [3.8, 4) is 11.5 Å². The molecular weight excluding hydrogens is 349 g/mol. The SMILES string of the molecule is Cc1ccc(F)c(Oc2ccc(S(N)(=O)=O)cc2Br)c1. The Balaban J connectivity index is 2.38. The number of halogens is 2. The van der Waals surface area contributed by atoms with Crippen LogP contribution in [-0.4, -0.2) is 8.42 Å². The van der Waals surface area contributed by atoms with Crippen LogP contribution in [-0.2, 0) is 10.0 Å². The van der Waals surface area contributed by atoms with Crippen LogP contribution < -0.4 is 9.88 Å². The Morgan fingerprint density at radius 3 is 2.45 bits per heavy atom. The van der Waals surface area contributed by atoms with Gasteiger partial charge in [-0.25, -0.2) is 17.9 Å². The molecular formula is C13H11BrFNO3S. The third kappa shape index (κ3) is 3.36. The highest BCUT2D eigenvalue weighted by atomic mass is 79.9. The van der Waals surface area contributed by atoms with Gasteiger partial charge in [0.15, 0.2) is 11.6 Å². The summed E-state index contributed by atoms with van der Waals surface area (Å²) < 4.78 is 41.8. The van der Waals surface area contributed by atoms with Crippen molar-refractivity contribution in [2.24, 2.45) is 5.14 Å². The lowest BCUT2D eigenvalue weighted by molar-refractivity contribution is 0.439. The predicted octanol–water partition coefficient (Wildman–Crippen LogP) is 3.34. The minimum atomic E-state index is -3.79. The molecule has 0 heterocycles. The third-order valence-electron chi connectivity index (χ3n) is 2.54. The summed E-state index contributed by atoms with van der Waals surface area (Å²) in [6.07, 6.45) is 0. The molecule has 0 saturated heterocycles. The Kier molecular flexibility index (Phi) is 4.12. The summed E-state index contributed by atoms with van der Waals surface area (Å²) in [6, 6.07) is 8.49.